The number of nitrogens with zero attached hydrogens (tertiary/aromatic N) is 3. The second-order valence-corrected chi connectivity index (χ2v) is 6.24. The molecule has 0 bridgehead atoms. The molecule has 0 aliphatic heterocycles. The van der Waals surface area contributed by atoms with Crippen molar-refractivity contribution in [3.63, 3.8) is 0 Å². The zero-order valence-corrected chi connectivity index (χ0v) is 13.2. The number of nitrogens with one attached hydrogen (secondary N) is 2. The van der Waals surface area contributed by atoms with E-state index in [-0.39, 0.29) is 11.9 Å². The Morgan fingerprint density at radius 3 is 2.83 bits per heavy atom. The molecule has 0 aromatic carbocycles. The lowest BCUT2D eigenvalue weighted by Gasteiger charge is -2.23. The van der Waals surface area contributed by atoms with Gasteiger partial charge in [0.2, 0.25) is 0 Å². The van der Waals surface area contributed by atoms with Crippen LogP contribution >= 0.6 is 0 Å². The number of hydrogen-bond donors (Lipinski definition) is 3. The quantitative estimate of drug-likeness (QED) is 0.685. The van der Waals surface area contributed by atoms with Gasteiger partial charge < -0.3 is 16.0 Å². The normalized spacial score (nSPS) is 15.7. The summed E-state index contributed by atoms with van der Waals surface area (Å²) in [6.45, 7) is 0. The van der Waals surface area contributed by atoms with Gasteiger partial charge in [0.25, 0.3) is 0 Å². The summed E-state index contributed by atoms with van der Waals surface area (Å²) in [6, 6.07) is 2.09. The highest BCUT2D eigenvalue weighted by Crippen LogP contribution is 2.28. The Kier molecular flexibility index (Phi) is 3.76. The van der Waals surface area contributed by atoms with Crippen molar-refractivity contribution in [2.45, 2.75) is 38.1 Å². The van der Waals surface area contributed by atoms with Crippen LogP contribution in [0, 0.1) is 5.82 Å². The lowest BCUT2D eigenvalue weighted by atomic mass is 9.95. The molecule has 1 aliphatic rings. The summed E-state index contributed by atoms with van der Waals surface area (Å²) in [4.78, 5) is 15.8. The number of anilines is 2. The predicted molar refractivity (Wildman–Crippen MR) is 92.0 cm³/mol. The number of aromatic amines is 1. The number of fused-ring (bicyclic) bond motifs is 1. The number of nitrogen functional groups attached to an aromatic ring is 1. The second-order valence-electron chi connectivity index (χ2n) is 6.24. The third-order valence-electron chi connectivity index (χ3n) is 4.48. The molecule has 0 spiro atoms. The minimum absolute atomic E-state index is 0.262. The van der Waals surface area contributed by atoms with E-state index in [1.54, 1.807) is 12.4 Å². The maximum atomic E-state index is 14.1. The molecule has 6 nitrogen and oxygen atoms in total. The van der Waals surface area contributed by atoms with Crippen molar-refractivity contribution in [3.05, 3.63) is 30.5 Å². The lowest BCUT2D eigenvalue weighted by Crippen LogP contribution is -2.23. The summed E-state index contributed by atoms with van der Waals surface area (Å²) in [5.74, 6) is 0.285. The van der Waals surface area contributed by atoms with Crippen molar-refractivity contribution in [2.75, 3.05) is 11.1 Å². The summed E-state index contributed by atoms with van der Waals surface area (Å²) >= 11 is 0. The van der Waals surface area contributed by atoms with Gasteiger partial charge in [0.05, 0.1) is 18.1 Å². The second kappa shape index (κ2) is 6.07. The van der Waals surface area contributed by atoms with Crippen LogP contribution in [-0.2, 0) is 0 Å². The lowest BCUT2D eigenvalue weighted by molar-refractivity contribution is 0.459. The molecule has 4 rings (SSSR count). The SMILES string of the molecule is Nc1cnc2[nH]cc(-c3ncc(F)c(NC4CCCCC4)n3)c2c1. The van der Waals surface area contributed by atoms with E-state index in [1.165, 1.54) is 25.5 Å². The molecule has 1 aliphatic carbocycles. The van der Waals surface area contributed by atoms with E-state index in [9.17, 15) is 4.39 Å². The van der Waals surface area contributed by atoms with Crippen LogP contribution in [0.2, 0.25) is 0 Å². The van der Waals surface area contributed by atoms with Gasteiger partial charge in [0, 0.05) is 23.2 Å². The molecule has 24 heavy (non-hydrogen) atoms. The van der Waals surface area contributed by atoms with Crippen molar-refractivity contribution in [3.8, 4) is 11.4 Å². The molecule has 7 heteroatoms. The summed E-state index contributed by atoms with van der Waals surface area (Å²) in [7, 11) is 0. The summed E-state index contributed by atoms with van der Waals surface area (Å²) in [5.41, 5.74) is 7.84. The highest BCUT2D eigenvalue weighted by Gasteiger charge is 2.18. The maximum Gasteiger partial charge on any atom is 0.183 e. The van der Waals surface area contributed by atoms with Crippen LogP contribution in [0.25, 0.3) is 22.4 Å². The Hall–Kier alpha value is -2.70. The molecule has 3 aromatic rings. The van der Waals surface area contributed by atoms with Gasteiger partial charge in [-0.05, 0) is 18.9 Å². The van der Waals surface area contributed by atoms with Crippen LogP contribution in [0.1, 0.15) is 32.1 Å². The number of aromatic nitrogens is 4. The predicted octanol–water partition coefficient (Wildman–Crippen LogP) is 3.49. The van der Waals surface area contributed by atoms with E-state index in [2.05, 4.69) is 25.3 Å². The minimum atomic E-state index is -0.429. The third-order valence-corrected chi connectivity index (χ3v) is 4.48. The maximum absolute atomic E-state index is 14.1. The molecule has 0 saturated heterocycles. The molecule has 124 valence electrons. The van der Waals surface area contributed by atoms with Gasteiger partial charge in [-0.2, -0.15) is 0 Å². The van der Waals surface area contributed by atoms with E-state index in [1.807, 2.05) is 6.07 Å². The molecule has 0 radical (unpaired) electrons. The number of halogens is 1. The molecule has 0 atom stereocenters. The molecule has 0 amide bonds. The van der Waals surface area contributed by atoms with E-state index in [0.29, 0.717) is 17.2 Å². The zero-order chi connectivity index (χ0) is 16.5. The van der Waals surface area contributed by atoms with Gasteiger partial charge in [0.15, 0.2) is 17.5 Å². The Labute approximate surface area is 138 Å². The fourth-order valence-electron chi connectivity index (χ4n) is 3.24. The smallest absolute Gasteiger partial charge is 0.183 e. The van der Waals surface area contributed by atoms with E-state index < -0.39 is 5.82 Å². The van der Waals surface area contributed by atoms with Crippen LogP contribution in [0.15, 0.2) is 24.7 Å². The molecular weight excluding hydrogens is 307 g/mol. The third kappa shape index (κ3) is 2.77. The van der Waals surface area contributed by atoms with Crippen LogP contribution in [-0.4, -0.2) is 26.0 Å². The largest absolute Gasteiger partial charge is 0.397 e. The van der Waals surface area contributed by atoms with Crippen LogP contribution in [0.5, 0.6) is 0 Å². The van der Waals surface area contributed by atoms with E-state index >= 15 is 0 Å². The van der Waals surface area contributed by atoms with E-state index in [4.69, 9.17) is 5.73 Å². The molecule has 1 fully saturated rings. The summed E-state index contributed by atoms with van der Waals surface area (Å²) in [6.07, 6.45) is 10.3. The van der Waals surface area contributed by atoms with Gasteiger partial charge in [-0.1, -0.05) is 19.3 Å². The highest BCUT2D eigenvalue weighted by atomic mass is 19.1. The minimum Gasteiger partial charge on any atom is -0.397 e. The zero-order valence-electron chi connectivity index (χ0n) is 13.2. The number of rotatable bonds is 3. The first-order valence-electron chi connectivity index (χ1n) is 8.23. The van der Waals surface area contributed by atoms with Crippen molar-refractivity contribution in [1.82, 2.24) is 19.9 Å². The average Bonchev–Trinajstić information content (AvgIpc) is 3.01. The topological polar surface area (TPSA) is 92.5 Å². The van der Waals surface area contributed by atoms with Crippen molar-refractivity contribution in [1.29, 1.82) is 0 Å². The first-order chi connectivity index (χ1) is 11.7. The number of pyridine rings is 1. The number of hydrogen-bond acceptors (Lipinski definition) is 5. The number of H-pyrrole nitrogens is 1. The van der Waals surface area contributed by atoms with Crippen molar-refractivity contribution in [2.24, 2.45) is 0 Å². The first kappa shape index (κ1) is 14.9. The van der Waals surface area contributed by atoms with Crippen molar-refractivity contribution >= 4 is 22.5 Å². The van der Waals surface area contributed by atoms with Crippen LogP contribution < -0.4 is 11.1 Å². The van der Waals surface area contributed by atoms with Gasteiger partial charge in [-0.25, -0.2) is 19.3 Å². The fourth-order valence-corrected chi connectivity index (χ4v) is 3.24. The molecule has 3 aromatic heterocycles. The first-order valence-corrected chi connectivity index (χ1v) is 8.23. The van der Waals surface area contributed by atoms with Crippen molar-refractivity contribution < 1.29 is 4.39 Å². The van der Waals surface area contributed by atoms with Gasteiger partial charge in [-0.3, -0.25) is 0 Å². The van der Waals surface area contributed by atoms with Crippen LogP contribution in [0.4, 0.5) is 15.9 Å². The van der Waals surface area contributed by atoms with Gasteiger partial charge in [0.1, 0.15) is 5.65 Å². The van der Waals surface area contributed by atoms with E-state index in [0.717, 1.165) is 23.8 Å². The molecule has 1 saturated carbocycles. The Balaban J connectivity index is 1.70. The molecule has 3 heterocycles. The monoisotopic (exact) mass is 326 g/mol. The molecule has 0 unspecified atom stereocenters. The van der Waals surface area contributed by atoms with Gasteiger partial charge >= 0.3 is 0 Å². The van der Waals surface area contributed by atoms with Crippen LogP contribution in [0.3, 0.4) is 0 Å². The number of nitrogens with two attached hydrogens (primary N) is 1. The Bertz CT molecular complexity index is 869. The molecule has 4 N–H and O–H groups in total. The average molecular weight is 326 g/mol. The van der Waals surface area contributed by atoms with Gasteiger partial charge in [-0.15, -0.1) is 0 Å². The summed E-state index contributed by atoms with van der Waals surface area (Å²) < 4.78 is 14.1. The molecular formula is C17H19FN6. The Morgan fingerprint density at radius 1 is 1.17 bits per heavy atom. The standard InChI is InChI=1S/C17H19FN6/c18-14-9-22-16(24-17(14)23-11-4-2-1-3-5-11)13-8-21-15-12(13)6-10(19)7-20-15/h6-9,11H,1-5,19H2,(H,20,21)(H,22,23,24). The Morgan fingerprint density at radius 2 is 2.00 bits per heavy atom. The fraction of sp³-hybridized carbons (Fsp3) is 0.353. The summed E-state index contributed by atoms with van der Waals surface area (Å²) in [5, 5.41) is 4.06. The highest BCUT2D eigenvalue weighted by molar-refractivity contribution is 5.93.